The molecule has 0 aromatic rings. The Morgan fingerprint density at radius 3 is 2.74 bits per heavy atom. The lowest BCUT2D eigenvalue weighted by molar-refractivity contribution is -0.248. The zero-order valence-corrected chi connectivity index (χ0v) is 11.4. The smallest absolute Gasteiger partial charge is 0.177 e. The van der Waals surface area contributed by atoms with Gasteiger partial charge in [-0.2, -0.15) is 0 Å². The summed E-state index contributed by atoms with van der Waals surface area (Å²) in [6, 6.07) is 0. The van der Waals surface area contributed by atoms with Gasteiger partial charge in [-0.15, -0.1) is 0 Å². The quantitative estimate of drug-likeness (QED) is 0.707. The van der Waals surface area contributed by atoms with Gasteiger partial charge in [0.25, 0.3) is 0 Å². The van der Waals surface area contributed by atoms with Crippen molar-refractivity contribution in [3.05, 3.63) is 24.3 Å². The zero-order valence-electron chi connectivity index (χ0n) is 11.4. The van der Waals surface area contributed by atoms with Crippen LogP contribution in [-0.2, 0) is 9.47 Å². The second kappa shape index (κ2) is 4.16. The van der Waals surface area contributed by atoms with Crippen LogP contribution in [-0.4, -0.2) is 40.9 Å². The normalized spacial score (nSPS) is 44.8. The van der Waals surface area contributed by atoms with Gasteiger partial charge in [-0.25, -0.2) is 0 Å². The highest BCUT2D eigenvalue weighted by molar-refractivity contribution is 5.33. The maximum atomic E-state index is 10.4. The van der Waals surface area contributed by atoms with Gasteiger partial charge < -0.3 is 19.7 Å². The number of hydrogen-bond donors (Lipinski definition) is 2. The highest BCUT2D eigenvalue weighted by Gasteiger charge is 2.60. The van der Waals surface area contributed by atoms with Crippen molar-refractivity contribution in [1.82, 2.24) is 0 Å². The summed E-state index contributed by atoms with van der Waals surface area (Å²) < 4.78 is 11.8. The Bertz CT molecular complexity index is 424. The molecule has 3 rings (SSSR count). The molecule has 2 N–H and O–H groups in total. The molecule has 0 radical (unpaired) electrons. The predicted octanol–water partition coefficient (Wildman–Crippen LogP) is 1.53. The first kappa shape index (κ1) is 13.3. The number of aliphatic hydroxyl groups excluding tert-OH is 1. The summed E-state index contributed by atoms with van der Waals surface area (Å²) in [5.41, 5.74) is -0.573. The van der Waals surface area contributed by atoms with Crippen molar-refractivity contribution >= 4 is 0 Å². The van der Waals surface area contributed by atoms with Crippen molar-refractivity contribution in [2.24, 2.45) is 5.41 Å². The molecule has 106 valence electrons. The van der Waals surface area contributed by atoms with Crippen LogP contribution < -0.4 is 0 Å². The average Bonchev–Trinajstić information content (AvgIpc) is 2.84. The van der Waals surface area contributed by atoms with E-state index in [-0.39, 0.29) is 5.41 Å². The molecule has 2 unspecified atom stereocenters. The van der Waals surface area contributed by atoms with Gasteiger partial charge in [0.2, 0.25) is 0 Å². The first-order valence-electron chi connectivity index (χ1n) is 7.00. The highest BCUT2D eigenvalue weighted by Crippen LogP contribution is 2.57. The van der Waals surface area contributed by atoms with Crippen LogP contribution in [0.4, 0.5) is 0 Å². The Kier molecular flexibility index (Phi) is 2.91. The number of aliphatic hydroxyl groups is 2. The second-order valence-electron chi connectivity index (χ2n) is 6.12. The van der Waals surface area contributed by atoms with E-state index in [1.165, 1.54) is 6.08 Å². The summed E-state index contributed by atoms with van der Waals surface area (Å²) in [4.78, 5) is 0. The molecule has 2 aliphatic carbocycles. The maximum Gasteiger partial charge on any atom is 0.177 e. The standard InChI is InChI=1S/C15H22O4/c1-3-14(17)9-11-5-4-6-15(18-7-8-19-15)13(11,2)10-12(14)16/h3,9,12,16-17H,1,4-8,10H2,2H3/t12?,13-,14?/m0/s1. The summed E-state index contributed by atoms with van der Waals surface area (Å²) in [6.07, 6.45) is 5.48. The molecule has 19 heavy (non-hydrogen) atoms. The number of ether oxygens (including phenoxy) is 2. The van der Waals surface area contributed by atoms with Crippen molar-refractivity contribution in [3.8, 4) is 0 Å². The molecular formula is C15H22O4. The Morgan fingerprint density at radius 1 is 1.42 bits per heavy atom. The largest absolute Gasteiger partial charge is 0.389 e. The SMILES string of the molecule is C=CC1(O)C=C2CCCC3(OCCO3)[C@@]2(C)CC1O. The van der Waals surface area contributed by atoms with Crippen LogP contribution in [0.5, 0.6) is 0 Å². The van der Waals surface area contributed by atoms with Crippen LogP contribution in [0.2, 0.25) is 0 Å². The van der Waals surface area contributed by atoms with Crippen molar-refractivity contribution < 1.29 is 19.7 Å². The molecule has 0 bridgehead atoms. The molecule has 4 nitrogen and oxygen atoms in total. The lowest BCUT2D eigenvalue weighted by Gasteiger charge is -2.54. The van der Waals surface area contributed by atoms with Crippen molar-refractivity contribution in [2.75, 3.05) is 13.2 Å². The third kappa shape index (κ3) is 1.67. The summed E-state index contributed by atoms with van der Waals surface area (Å²) in [5, 5.41) is 20.7. The Balaban J connectivity index is 2.06. The van der Waals surface area contributed by atoms with E-state index in [1.807, 2.05) is 0 Å². The van der Waals surface area contributed by atoms with Crippen LogP contribution in [0.1, 0.15) is 32.6 Å². The Morgan fingerprint density at radius 2 is 2.11 bits per heavy atom. The molecule has 3 aliphatic rings. The van der Waals surface area contributed by atoms with Crippen LogP contribution in [0.3, 0.4) is 0 Å². The fourth-order valence-electron chi connectivity index (χ4n) is 3.86. The number of rotatable bonds is 1. The lowest BCUT2D eigenvalue weighted by atomic mass is 9.59. The fraction of sp³-hybridized carbons (Fsp3) is 0.733. The summed E-state index contributed by atoms with van der Waals surface area (Å²) in [5.74, 6) is -0.624. The highest BCUT2D eigenvalue weighted by atomic mass is 16.7. The Labute approximate surface area is 113 Å². The van der Waals surface area contributed by atoms with Gasteiger partial charge in [-0.3, -0.25) is 0 Å². The fourth-order valence-corrected chi connectivity index (χ4v) is 3.86. The minimum atomic E-state index is -1.33. The number of fused-ring (bicyclic) bond motifs is 2. The van der Waals surface area contributed by atoms with E-state index in [9.17, 15) is 10.2 Å². The number of hydrogen-bond acceptors (Lipinski definition) is 4. The van der Waals surface area contributed by atoms with Crippen molar-refractivity contribution in [1.29, 1.82) is 0 Å². The summed E-state index contributed by atoms with van der Waals surface area (Å²) in [6.45, 7) is 6.92. The van der Waals surface area contributed by atoms with Gasteiger partial charge in [0.05, 0.1) is 19.3 Å². The minimum absolute atomic E-state index is 0.365. The lowest BCUT2D eigenvalue weighted by Crippen LogP contribution is -2.58. The molecule has 0 aromatic heterocycles. The third-order valence-electron chi connectivity index (χ3n) is 5.12. The molecule has 3 atom stereocenters. The predicted molar refractivity (Wildman–Crippen MR) is 70.4 cm³/mol. The molecular weight excluding hydrogens is 244 g/mol. The summed E-state index contributed by atoms with van der Waals surface area (Å²) in [7, 11) is 0. The van der Waals surface area contributed by atoms with Crippen LogP contribution >= 0.6 is 0 Å². The maximum absolute atomic E-state index is 10.4. The van der Waals surface area contributed by atoms with Gasteiger partial charge in [-0.05, 0) is 25.3 Å². The van der Waals surface area contributed by atoms with Gasteiger partial charge in [-0.1, -0.05) is 25.2 Å². The zero-order chi connectivity index (χ0) is 13.7. The molecule has 2 fully saturated rings. The van der Waals surface area contributed by atoms with E-state index >= 15 is 0 Å². The second-order valence-corrected chi connectivity index (χ2v) is 6.12. The van der Waals surface area contributed by atoms with Gasteiger partial charge in [0, 0.05) is 11.8 Å². The summed E-state index contributed by atoms with van der Waals surface area (Å²) >= 11 is 0. The van der Waals surface area contributed by atoms with E-state index in [2.05, 4.69) is 13.5 Å². The molecule has 1 aliphatic heterocycles. The van der Waals surface area contributed by atoms with E-state index in [1.54, 1.807) is 6.08 Å². The Hall–Kier alpha value is -0.680. The van der Waals surface area contributed by atoms with Crippen LogP contribution in [0.25, 0.3) is 0 Å². The van der Waals surface area contributed by atoms with E-state index in [4.69, 9.17) is 9.47 Å². The third-order valence-corrected chi connectivity index (χ3v) is 5.12. The average molecular weight is 266 g/mol. The van der Waals surface area contributed by atoms with Crippen molar-refractivity contribution in [3.63, 3.8) is 0 Å². The first-order chi connectivity index (χ1) is 8.96. The molecule has 0 amide bonds. The van der Waals surface area contributed by atoms with Gasteiger partial charge >= 0.3 is 0 Å². The monoisotopic (exact) mass is 266 g/mol. The van der Waals surface area contributed by atoms with Gasteiger partial charge in [0.15, 0.2) is 5.79 Å². The van der Waals surface area contributed by atoms with Crippen LogP contribution in [0, 0.1) is 5.41 Å². The molecule has 1 spiro atoms. The van der Waals surface area contributed by atoms with E-state index < -0.39 is 17.5 Å². The first-order valence-corrected chi connectivity index (χ1v) is 7.00. The van der Waals surface area contributed by atoms with E-state index in [0.29, 0.717) is 19.6 Å². The molecule has 1 saturated carbocycles. The topological polar surface area (TPSA) is 58.9 Å². The van der Waals surface area contributed by atoms with Gasteiger partial charge in [0.1, 0.15) is 5.60 Å². The van der Waals surface area contributed by atoms with Crippen molar-refractivity contribution in [2.45, 2.75) is 50.1 Å². The van der Waals surface area contributed by atoms with E-state index in [0.717, 1.165) is 24.8 Å². The molecule has 0 aromatic carbocycles. The van der Waals surface area contributed by atoms with Crippen LogP contribution in [0.15, 0.2) is 24.3 Å². The minimum Gasteiger partial charge on any atom is -0.389 e. The molecule has 4 heteroatoms. The molecule has 1 saturated heterocycles. The molecule has 1 heterocycles.